The summed E-state index contributed by atoms with van der Waals surface area (Å²) >= 11 is 0. The molecular weight excluding hydrogens is 266 g/mol. The summed E-state index contributed by atoms with van der Waals surface area (Å²) in [6, 6.07) is 13.3. The van der Waals surface area contributed by atoms with Crippen LogP contribution in [0.4, 0.5) is 0 Å². The van der Waals surface area contributed by atoms with Crippen LogP contribution in [-0.4, -0.2) is 4.98 Å². The second-order valence-electron chi connectivity index (χ2n) is 6.42. The van der Waals surface area contributed by atoms with E-state index in [9.17, 15) is 0 Å². The second kappa shape index (κ2) is 5.17. The van der Waals surface area contributed by atoms with Crippen molar-refractivity contribution < 1.29 is 0 Å². The van der Waals surface area contributed by atoms with Gasteiger partial charge in [-0.2, -0.15) is 0 Å². The van der Waals surface area contributed by atoms with Gasteiger partial charge in [-0.05, 0) is 56.0 Å². The molecule has 0 bridgehead atoms. The van der Waals surface area contributed by atoms with Gasteiger partial charge in [-0.25, -0.2) is 0 Å². The zero-order valence-electron chi connectivity index (χ0n) is 13.2. The van der Waals surface area contributed by atoms with Gasteiger partial charge in [0, 0.05) is 27.7 Å². The molecule has 1 aliphatic carbocycles. The summed E-state index contributed by atoms with van der Waals surface area (Å²) in [5, 5.41) is 2.67. The summed E-state index contributed by atoms with van der Waals surface area (Å²) in [5.41, 5.74) is 6.70. The predicted octanol–water partition coefficient (Wildman–Crippen LogP) is 6.01. The summed E-state index contributed by atoms with van der Waals surface area (Å²) in [6.45, 7) is 4.44. The van der Waals surface area contributed by atoms with Crippen molar-refractivity contribution in [2.45, 2.75) is 32.6 Å². The second-order valence-corrected chi connectivity index (χ2v) is 6.42. The van der Waals surface area contributed by atoms with Gasteiger partial charge >= 0.3 is 0 Å². The molecule has 1 nitrogen and oxygen atoms in total. The minimum absolute atomic E-state index is 0.521. The molecule has 0 saturated heterocycles. The highest BCUT2D eigenvalue weighted by molar-refractivity contribution is 6.07. The zero-order chi connectivity index (χ0) is 15.1. The minimum atomic E-state index is 0.521. The van der Waals surface area contributed by atoms with Gasteiger partial charge in [0.2, 0.25) is 0 Å². The quantitative estimate of drug-likeness (QED) is 0.564. The molecule has 0 fully saturated rings. The smallest absolute Gasteiger partial charge is 0.0467 e. The van der Waals surface area contributed by atoms with Crippen LogP contribution in [0.25, 0.3) is 21.8 Å². The average molecular weight is 287 g/mol. The predicted molar refractivity (Wildman–Crippen MR) is 95.4 cm³/mol. The van der Waals surface area contributed by atoms with Crippen LogP contribution in [0.15, 0.2) is 60.2 Å². The van der Waals surface area contributed by atoms with Crippen LogP contribution < -0.4 is 0 Å². The van der Waals surface area contributed by atoms with Gasteiger partial charge in [0.15, 0.2) is 0 Å². The first-order valence-corrected chi connectivity index (χ1v) is 8.08. The third-order valence-electron chi connectivity index (χ3n) is 4.78. The number of nitrogens with one attached hydrogen (secondary N) is 1. The molecule has 3 aromatic rings. The lowest BCUT2D eigenvalue weighted by Crippen LogP contribution is -1.98. The van der Waals surface area contributed by atoms with Crippen LogP contribution in [0.3, 0.4) is 0 Å². The third kappa shape index (κ3) is 2.18. The summed E-state index contributed by atoms with van der Waals surface area (Å²) in [6.07, 6.45) is 9.32. The van der Waals surface area contributed by atoms with E-state index in [-0.39, 0.29) is 0 Å². The standard InChI is InChI=1S/C21H21N/c1-14-7-3-4-8-16(11-14)18-13-19-17-9-5-6-10-20(17)22-21(19)12-15(18)2/h3,5-7,9-13,16,22H,4,8H2,1-2H3. The van der Waals surface area contributed by atoms with Crippen LogP contribution in [0, 0.1) is 6.92 Å². The van der Waals surface area contributed by atoms with E-state index < -0.39 is 0 Å². The number of para-hydroxylation sites is 1. The van der Waals surface area contributed by atoms with Gasteiger partial charge < -0.3 is 4.98 Å². The van der Waals surface area contributed by atoms with Gasteiger partial charge in [-0.3, -0.25) is 0 Å². The molecule has 1 heteroatoms. The highest BCUT2D eigenvalue weighted by Crippen LogP contribution is 2.34. The summed E-state index contributed by atoms with van der Waals surface area (Å²) in [5.74, 6) is 0.521. The number of H-pyrrole nitrogens is 1. The lowest BCUT2D eigenvalue weighted by Gasteiger charge is -2.15. The number of hydrogen-bond acceptors (Lipinski definition) is 0. The summed E-state index contributed by atoms with van der Waals surface area (Å²) in [4.78, 5) is 3.54. The van der Waals surface area contributed by atoms with Gasteiger partial charge in [-0.15, -0.1) is 0 Å². The summed E-state index contributed by atoms with van der Waals surface area (Å²) < 4.78 is 0. The zero-order valence-corrected chi connectivity index (χ0v) is 13.2. The molecule has 0 radical (unpaired) electrons. The highest BCUT2D eigenvalue weighted by atomic mass is 14.7. The van der Waals surface area contributed by atoms with Gasteiger partial charge in [0.1, 0.15) is 0 Å². The Morgan fingerprint density at radius 1 is 1.00 bits per heavy atom. The van der Waals surface area contributed by atoms with E-state index in [0.717, 1.165) is 6.42 Å². The van der Waals surface area contributed by atoms with Crippen LogP contribution >= 0.6 is 0 Å². The van der Waals surface area contributed by atoms with Crippen molar-refractivity contribution in [2.75, 3.05) is 0 Å². The maximum atomic E-state index is 3.54. The van der Waals surface area contributed by atoms with E-state index >= 15 is 0 Å². The molecule has 22 heavy (non-hydrogen) atoms. The third-order valence-corrected chi connectivity index (χ3v) is 4.78. The molecular formula is C21H21N. The fourth-order valence-corrected chi connectivity index (χ4v) is 3.67. The lowest BCUT2D eigenvalue weighted by molar-refractivity contribution is 0.750. The van der Waals surface area contributed by atoms with E-state index in [1.54, 1.807) is 0 Å². The van der Waals surface area contributed by atoms with Gasteiger partial charge in [0.25, 0.3) is 0 Å². The number of rotatable bonds is 1. The number of hydrogen-bond donors (Lipinski definition) is 1. The lowest BCUT2D eigenvalue weighted by atomic mass is 9.89. The number of aromatic amines is 1. The maximum Gasteiger partial charge on any atom is 0.0467 e. The largest absolute Gasteiger partial charge is 0.355 e. The van der Waals surface area contributed by atoms with Crippen molar-refractivity contribution in [3.63, 3.8) is 0 Å². The van der Waals surface area contributed by atoms with Crippen LogP contribution in [0.2, 0.25) is 0 Å². The first kappa shape index (κ1) is 13.4. The Morgan fingerprint density at radius 3 is 2.77 bits per heavy atom. The van der Waals surface area contributed by atoms with Crippen LogP contribution in [-0.2, 0) is 0 Å². The van der Waals surface area contributed by atoms with Gasteiger partial charge in [-0.1, -0.05) is 42.0 Å². The Hall–Kier alpha value is -2.28. The Morgan fingerprint density at radius 2 is 1.86 bits per heavy atom. The Labute approximate surface area is 131 Å². The molecule has 1 unspecified atom stereocenters. The van der Waals surface area contributed by atoms with Crippen LogP contribution in [0.1, 0.15) is 36.8 Å². The maximum absolute atomic E-state index is 3.54. The average Bonchev–Trinajstić information content (AvgIpc) is 2.72. The van der Waals surface area contributed by atoms with Crippen molar-refractivity contribution in [3.05, 3.63) is 71.3 Å². The van der Waals surface area contributed by atoms with Crippen molar-refractivity contribution in [3.8, 4) is 0 Å². The normalized spacial score (nSPS) is 18.6. The topological polar surface area (TPSA) is 15.8 Å². The summed E-state index contributed by atoms with van der Waals surface area (Å²) in [7, 11) is 0. The van der Waals surface area contributed by atoms with Crippen molar-refractivity contribution in [1.29, 1.82) is 0 Å². The molecule has 0 amide bonds. The fourth-order valence-electron chi connectivity index (χ4n) is 3.67. The van der Waals surface area contributed by atoms with Crippen molar-refractivity contribution in [1.82, 2.24) is 4.98 Å². The van der Waals surface area contributed by atoms with Gasteiger partial charge in [0.05, 0.1) is 0 Å². The van der Waals surface area contributed by atoms with Crippen LogP contribution in [0.5, 0.6) is 0 Å². The molecule has 0 spiro atoms. The minimum Gasteiger partial charge on any atom is -0.355 e. The SMILES string of the molecule is CC1=CC(c2cc3c(cc2C)[nH]c2ccccc23)CCC=C1. The Bertz CT molecular complexity index is 908. The number of fused-ring (bicyclic) bond motifs is 3. The van der Waals surface area contributed by atoms with E-state index in [2.05, 4.69) is 73.5 Å². The molecule has 1 N–H and O–H groups in total. The molecule has 1 aromatic heterocycles. The molecule has 1 aliphatic rings. The molecule has 1 atom stereocenters. The van der Waals surface area contributed by atoms with E-state index in [1.807, 2.05) is 0 Å². The molecule has 110 valence electrons. The van der Waals surface area contributed by atoms with E-state index in [1.165, 1.54) is 44.9 Å². The fraction of sp³-hybridized carbons (Fsp3) is 0.238. The first-order chi connectivity index (χ1) is 10.7. The Kier molecular flexibility index (Phi) is 3.15. The van der Waals surface area contributed by atoms with E-state index in [0.29, 0.717) is 5.92 Å². The highest BCUT2D eigenvalue weighted by Gasteiger charge is 2.15. The first-order valence-electron chi connectivity index (χ1n) is 8.08. The number of aryl methyl sites for hydroxylation is 1. The number of allylic oxidation sites excluding steroid dienone is 4. The van der Waals surface area contributed by atoms with E-state index in [4.69, 9.17) is 0 Å². The molecule has 1 heterocycles. The van der Waals surface area contributed by atoms with Crippen molar-refractivity contribution in [2.24, 2.45) is 0 Å². The van der Waals surface area contributed by atoms with Crippen molar-refractivity contribution >= 4 is 21.8 Å². The number of aromatic nitrogens is 1. The molecule has 0 saturated carbocycles. The molecule has 2 aromatic carbocycles. The number of benzene rings is 2. The monoisotopic (exact) mass is 287 g/mol. The Balaban J connectivity index is 1.92. The molecule has 0 aliphatic heterocycles. The molecule has 4 rings (SSSR count).